The molecule has 6 heteroatoms. The fourth-order valence-corrected chi connectivity index (χ4v) is 1.49. The average Bonchev–Trinajstić information content (AvgIpc) is 2.61. The Kier molecular flexibility index (Phi) is 2.54. The van der Waals surface area contributed by atoms with E-state index in [9.17, 15) is 9.90 Å². The summed E-state index contributed by atoms with van der Waals surface area (Å²) in [5.41, 5.74) is 0.187. The van der Waals surface area contributed by atoms with Crippen LogP contribution in [0.25, 0.3) is 5.69 Å². The number of hydrogen-bond donors (Lipinski definition) is 2. The van der Waals surface area contributed by atoms with Crippen molar-refractivity contribution in [3.8, 4) is 11.6 Å². The van der Waals surface area contributed by atoms with Gasteiger partial charge in [0.15, 0.2) is 5.69 Å². The Labute approximate surface area is 95.5 Å². The minimum absolute atomic E-state index is 0.239. The molecule has 0 aliphatic heterocycles. The number of halogens is 1. The number of benzene rings is 1. The molecule has 0 aliphatic carbocycles. The van der Waals surface area contributed by atoms with Crippen LogP contribution in [0, 0.1) is 0 Å². The van der Waals surface area contributed by atoms with E-state index in [4.69, 9.17) is 16.7 Å². The van der Waals surface area contributed by atoms with Crippen LogP contribution < -0.4 is 0 Å². The fraction of sp³-hybridized carbons (Fsp3) is 0. The number of carbonyl (C=O) groups is 1. The molecular weight excluding hydrogens is 232 g/mol. The number of rotatable bonds is 2. The van der Waals surface area contributed by atoms with Crippen molar-refractivity contribution in [3.05, 3.63) is 41.0 Å². The van der Waals surface area contributed by atoms with Crippen LogP contribution in [0.2, 0.25) is 5.02 Å². The lowest BCUT2D eigenvalue weighted by Gasteiger charge is -2.04. The van der Waals surface area contributed by atoms with Crippen LogP contribution in [0.3, 0.4) is 0 Å². The van der Waals surface area contributed by atoms with E-state index in [0.717, 1.165) is 10.7 Å². The van der Waals surface area contributed by atoms with Crippen LogP contribution in [0.1, 0.15) is 10.5 Å². The predicted molar refractivity (Wildman–Crippen MR) is 57.2 cm³/mol. The first kappa shape index (κ1) is 10.5. The molecule has 5 nitrogen and oxygen atoms in total. The number of nitrogens with zero attached hydrogens (tertiary/aromatic N) is 2. The fourth-order valence-electron chi connectivity index (χ4n) is 1.28. The molecule has 82 valence electrons. The standard InChI is InChI=1S/C10H7ClN2O3/c11-6-3-1-2-4-8(6)13-9(14)5-7(12-13)10(15)16/h1-5,14H,(H,15,16). The summed E-state index contributed by atoms with van der Waals surface area (Å²) in [6.45, 7) is 0. The van der Waals surface area contributed by atoms with Gasteiger partial charge in [0.05, 0.1) is 10.7 Å². The van der Waals surface area contributed by atoms with Gasteiger partial charge in [-0.3, -0.25) is 0 Å². The SMILES string of the molecule is O=C(O)c1cc(O)n(-c2ccccc2Cl)n1. The zero-order chi connectivity index (χ0) is 11.7. The average molecular weight is 239 g/mol. The van der Waals surface area contributed by atoms with Gasteiger partial charge in [-0.1, -0.05) is 23.7 Å². The second-order valence-corrected chi connectivity index (χ2v) is 3.46. The molecule has 0 aliphatic rings. The Morgan fingerprint density at radius 2 is 2.06 bits per heavy atom. The maximum absolute atomic E-state index is 10.7. The number of aromatic carboxylic acids is 1. The number of aromatic nitrogens is 2. The highest BCUT2D eigenvalue weighted by Gasteiger charge is 2.14. The maximum atomic E-state index is 10.7. The highest BCUT2D eigenvalue weighted by molar-refractivity contribution is 6.32. The van der Waals surface area contributed by atoms with Gasteiger partial charge in [0, 0.05) is 6.07 Å². The molecule has 2 aromatic rings. The van der Waals surface area contributed by atoms with Gasteiger partial charge >= 0.3 is 5.97 Å². The molecule has 0 atom stereocenters. The van der Waals surface area contributed by atoms with Crippen LogP contribution in [-0.2, 0) is 0 Å². The number of aromatic hydroxyl groups is 1. The summed E-state index contributed by atoms with van der Waals surface area (Å²) in [7, 11) is 0. The predicted octanol–water partition coefficient (Wildman–Crippen LogP) is 1.93. The van der Waals surface area contributed by atoms with Gasteiger partial charge in [0.2, 0.25) is 5.88 Å². The molecule has 0 unspecified atom stereocenters. The van der Waals surface area contributed by atoms with Gasteiger partial charge in [-0.2, -0.15) is 9.78 Å². The lowest BCUT2D eigenvalue weighted by molar-refractivity contribution is 0.0690. The Balaban J connectivity index is 2.57. The van der Waals surface area contributed by atoms with Gasteiger partial charge < -0.3 is 10.2 Å². The van der Waals surface area contributed by atoms with Crippen molar-refractivity contribution in [2.24, 2.45) is 0 Å². The molecule has 0 bridgehead atoms. The molecule has 0 spiro atoms. The van der Waals surface area contributed by atoms with Crippen molar-refractivity contribution in [2.75, 3.05) is 0 Å². The van der Waals surface area contributed by atoms with E-state index in [0.29, 0.717) is 10.7 Å². The molecule has 0 saturated carbocycles. The summed E-state index contributed by atoms with van der Waals surface area (Å²) in [6, 6.07) is 7.75. The monoisotopic (exact) mass is 238 g/mol. The van der Waals surface area contributed by atoms with Crippen LogP contribution in [0.5, 0.6) is 5.88 Å². The van der Waals surface area contributed by atoms with Crippen molar-refractivity contribution in [3.63, 3.8) is 0 Å². The highest BCUT2D eigenvalue weighted by Crippen LogP contribution is 2.24. The van der Waals surface area contributed by atoms with Crippen molar-refractivity contribution in [1.29, 1.82) is 0 Å². The molecule has 16 heavy (non-hydrogen) atoms. The third kappa shape index (κ3) is 1.72. The summed E-state index contributed by atoms with van der Waals surface area (Å²) in [4.78, 5) is 10.7. The molecule has 1 aromatic carbocycles. The molecule has 0 amide bonds. The largest absolute Gasteiger partial charge is 0.493 e. The Morgan fingerprint density at radius 1 is 1.38 bits per heavy atom. The van der Waals surface area contributed by atoms with Gasteiger partial charge in [0.25, 0.3) is 0 Å². The quantitative estimate of drug-likeness (QED) is 0.838. The van der Waals surface area contributed by atoms with Gasteiger partial charge in [-0.25, -0.2) is 4.79 Å². The Morgan fingerprint density at radius 3 is 2.62 bits per heavy atom. The van der Waals surface area contributed by atoms with E-state index in [1.807, 2.05) is 0 Å². The summed E-state index contributed by atoms with van der Waals surface area (Å²) >= 11 is 5.90. The molecule has 1 heterocycles. The molecule has 2 N–H and O–H groups in total. The summed E-state index contributed by atoms with van der Waals surface area (Å²) in [5, 5.41) is 22.4. The van der Waals surface area contributed by atoms with E-state index in [1.165, 1.54) is 0 Å². The number of para-hydroxylation sites is 1. The molecular formula is C10H7ClN2O3. The van der Waals surface area contributed by atoms with Crippen LogP contribution >= 0.6 is 11.6 Å². The van der Waals surface area contributed by atoms with Crippen molar-refractivity contribution >= 4 is 17.6 Å². The molecule has 0 fully saturated rings. The van der Waals surface area contributed by atoms with E-state index in [1.54, 1.807) is 24.3 Å². The third-order valence-electron chi connectivity index (χ3n) is 1.99. The number of carboxylic acid groups (broad SMARTS) is 1. The van der Waals surface area contributed by atoms with Crippen molar-refractivity contribution < 1.29 is 15.0 Å². The van der Waals surface area contributed by atoms with E-state index in [2.05, 4.69) is 5.10 Å². The normalized spacial score (nSPS) is 10.3. The zero-order valence-electron chi connectivity index (χ0n) is 7.96. The number of hydrogen-bond acceptors (Lipinski definition) is 3. The lowest BCUT2D eigenvalue weighted by atomic mass is 10.3. The smallest absolute Gasteiger partial charge is 0.356 e. The highest BCUT2D eigenvalue weighted by atomic mass is 35.5. The van der Waals surface area contributed by atoms with Gasteiger partial charge in [-0.15, -0.1) is 0 Å². The maximum Gasteiger partial charge on any atom is 0.356 e. The minimum atomic E-state index is -1.21. The molecule has 1 aromatic heterocycles. The second kappa shape index (κ2) is 3.86. The first-order chi connectivity index (χ1) is 7.59. The van der Waals surface area contributed by atoms with Crippen molar-refractivity contribution in [1.82, 2.24) is 9.78 Å². The first-order valence-electron chi connectivity index (χ1n) is 4.37. The van der Waals surface area contributed by atoms with E-state index in [-0.39, 0.29) is 11.6 Å². The Bertz CT molecular complexity index is 551. The minimum Gasteiger partial charge on any atom is -0.493 e. The third-order valence-corrected chi connectivity index (χ3v) is 2.31. The molecule has 0 saturated heterocycles. The first-order valence-corrected chi connectivity index (χ1v) is 4.74. The van der Waals surface area contributed by atoms with Crippen LogP contribution in [0.15, 0.2) is 30.3 Å². The van der Waals surface area contributed by atoms with Crippen molar-refractivity contribution in [2.45, 2.75) is 0 Å². The Hall–Kier alpha value is -2.01. The second-order valence-electron chi connectivity index (χ2n) is 3.06. The van der Waals surface area contributed by atoms with E-state index < -0.39 is 5.97 Å². The van der Waals surface area contributed by atoms with Gasteiger partial charge in [-0.05, 0) is 12.1 Å². The summed E-state index contributed by atoms with van der Waals surface area (Å²) in [6.07, 6.45) is 0. The number of carboxylic acids is 1. The van der Waals surface area contributed by atoms with Gasteiger partial charge in [0.1, 0.15) is 0 Å². The summed E-state index contributed by atoms with van der Waals surface area (Å²) < 4.78 is 1.08. The van der Waals surface area contributed by atoms with Crippen LogP contribution in [-0.4, -0.2) is 26.0 Å². The van der Waals surface area contributed by atoms with E-state index >= 15 is 0 Å². The van der Waals surface area contributed by atoms with Crippen LogP contribution in [0.4, 0.5) is 0 Å². The lowest BCUT2D eigenvalue weighted by Crippen LogP contribution is -2.01. The molecule has 0 radical (unpaired) electrons. The zero-order valence-corrected chi connectivity index (χ0v) is 8.72. The topological polar surface area (TPSA) is 75.3 Å². The molecule has 2 rings (SSSR count). The summed E-state index contributed by atoms with van der Waals surface area (Å²) in [5.74, 6) is -1.48.